The zero-order valence-corrected chi connectivity index (χ0v) is 18.4. The lowest BCUT2D eigenvalue weighted by Crippen LogP contribution is -2.40. The molecule has 0 amide bonds. The van der Waals surface area contributed by atoms with E-state index in [4.69, 9.17) is 31.2 Å². The maximum Gasteiger partial charge on any atom is 0.490 e. The largest absolute Gasteiger partial charge is 0.490 e. The Morgan fingerprint density at radius 2 is 1.97 bits per heavy atom. The van der Waals surface area contributed by atoms with Gasteiger partial charge in [-0.1, -0.05) is 23.7 Å². The molecule has 1 saturated heterocycles. The first-order chi connectivity index (χ1) is 15.0. The van der Waals surface area contributed by atoms with Crippen molar-refractivity contribution < 1.29 is 27.8 Å². The normalized spacial score (nSPS) is 20.4. The summed E-state index contributed by atoms with van der Waals surface area (Å²) in [4.78, 5) is 22.7. The minimum atomic E-state index is -5.08. The van der Waals surface area contributed by atoms with Crippen molar-refractivity contribution in [1.82, 2.24) is 14.9 Å². The second-order valence-corrected chi connectivity index (χ2v) is 8.54. The number of carboxylic acid groups (broad SMARTS) is 1. The second-order valence-electron chi connectivity index (χ2n) is 8.10. The summed E-state index contributed by atoms with van der Waals surface area (Å²) in [7, 11) is 3.96. The number of halogens is 4. The maximum absolute atomic E-state index is 10.6. The van der Waals surface area contributed by atoms with Gasteiger partial charge < -0.3 is 14.7 Å². The number of aliphatic carboxylic acids is 1. The fraction of sp³-hybridized carbons (Fsp3) is 0.476. The highest BCUT2D eigenvalue weighted by atomic mass is 35.5. The molecule has 7 nitrogen and oxygen atoms in total. The summed E-state index contributed by atoms with van der Waals surface area (Å²) >= 11 is 5.99. The van der Waals surface area contributed by atoms with Crippen molar-refractivity contribution in [3.8, 4) is 0 Å². The molecule has 1 fully saturated rings. The molecule has 2 aliphatic rings. The number of fused-ring (bicyclic) bond motifs is 2. The second kappa shape index (κ2) is 9.60. The van der Waals surface area contributed by atoms with Gasteiger partial charge in [0.25, 0.3) is 0 Å². The van der Waals surface area contributed by atoms with Gasteiger partial charge >= 0.3 is 12.1 Å². The Morgan fingerprint density at radius 3 is 2.56 bits per heavy atom. The molecule has 3 heterocycles. The minimum Gasteiger partial charge on any atom is -0.475 e. The fourth-order valence-corrected chi connectivity index (χ4v) is 3.98. The van der Waals surface area contributed by atoms with Gasteiger partial charge in [-0.2, -0.15) is 13.2 Å². The van der Waals surface area contributed by atoms with Gasteiger partial charge in [0.05, 0.1) is 24.3 Å². The van der Waals surface area contributed by atoms with Gasteiger partial charge in [0.1, 0.15) is 0 Å². The van der Waals surface area contributed by atoms with Crippen LogP contribution in [0.1, 0.15) is 23.2 Å². The predicted octanol–water partition coefficient (Wildman–Crippen LogP) is 3.50. The van der Waals surface area contributed by atoms with E-state index in [9.17, 15) is 13.2 Å². The van der Waals surface area contributed by atoms with Gasteiger partial charge in [-0.25, -0.2) is 14.8 Å². The van der Waals surface area contributed by atoms with E-state index in [0.717, 1.165) is 49.2 Å². The maximum atomic E-state index is 10.6. The lowest BCUT2D eigenvalue weighted by atomic mass is 9.80. The van der Waals surface area contributed by atoms with Crippen LogP contribution in [0, 0.1) is 0 Å². The standard InChI is InChI=1S/C19H23ClN4O.C2HF3O2/c1-23(2)18-21-9-15-11-25-13-19(17(15)22-18)7-8-24(12-19)10-14-3-5-16(20)6-4-14;3-2(4,5)1(6)7/h3-6,9H,7-8,10-13H2,1-2H3;(H,6,7). The number of anilines is 1. The van der Waals surface area contributed by atoms with Crippen LogP contribution in [0.5, 0.6) is 0 Å². The van der Waals surface area contributed by atoms with E-state index < -0.39 is 12.1 Å². The number of nitrogens with zero attached hydrogens (tertiary/aromatic N) is 4. The molecule has 2 aromatic rings. The number of benzene rings is 1. The summed E-state index contributed by atoms with van der Waals surface area (Å²) in [5.41, 5.74) is 3.57. The van der Waals surface area contributed by atoms with Gasteiger partial charge in [0, 0.05) is 44.0 Å². The van der Waals surface area contributed by atoms with E-state index in [2.05, 4.69) is 22.0 Å². The summed E-state index contributed by atoms with van der Waals surface area (Å²) in [5.74, 6) is -1.98. The molecule has 0 radical (unpaired) electrons. The van der Waals surface area contributed by atoms with Crippen LogP contribution in [-0.2, 0) is 28.1 Å². The highest BCUT2D eigenvalue weighted by Crippen LogP contribution is 2.39. The van der Waals surface area contributed by atoms with Crippen LogP contribution in [0.15, 0.2) is 30.5 Å². The molecule has 2 aliphatic heterocycles. The molecule has 4 rings (SSSR count). The summed E-state index contributed by atoms with van der Waals surface area (Å²) in [6, 6.07) is 8.12. The molecule has 174 valence electrons. The van der Waals surface area contributed by atoms with E-state index in [-0.39, 0.29) is 5.41 Å². The zero-order valence-electron chi connectivity index (χ0n) is 17.7. The third kappa shape index (κ3) is 5.67. The number of hydrogen-bond acceptors (Lipinski definition) is 6. The van der Waals surface area contributed by atoms with E-state index in [0.29, 0.717) is 6.61 Å². The molecule has 1 unspecified atom stereocenters. The van der Waals surface area contributed by atoms with Crippen molar-refractivity contribution in [3.63, 3.8) is 0 Å². The smallest absolute Gasteiger partial charge is 0.475 e. The number of rotatable bonds is 3. The number of aromatic nitrogens is 2. The Kier molecular flexibility index (Phi) is 7.26. The van der Waals surface area contributed by atoms with Gasteiger partial charge in [0.2, 0.25) is 5.95 Å². The van der Waals surface area contributed by atoms with Gasteiger partial charge in [-0.3, -0.25) is 4.90 Å². The Balaban J connectivity index is 0.000000360. The summed E-state index contributed by atoms with van der Waals surface area (Å²) in [6.07, 6.45) is -2.09. The van der Waals surface area contributed by atoms with Crippen LogP contribution in [0.3, 0.4) is 0 Å². The first-order valence-electron chi connectivity index (χ1n) is 9.88. The molecule has 1 N–H and O–H groups in total. The van der Waals surface area contributed by atoms with Crippen molar-refractivity contribution in [1.29, 1.82) is 0 Å². The molecule has 0 bridgehead atoms. The van der Waals surface area contributed by atoms with Crippen molar-refractivity contribution >= 4 is 23.5 Å². The number of hydrogen-bond donors (Lipinski definition) is 1. The summed E-state index contributed by atoms with van der Waals surface area (Å²) in [5, 5.41) is 7.91. The van der Waals surface area contributed by atoms with E-state index in [1.807, 2.05) is 37.3 Å². The Hall–Kier alpha value is -2.43. The molecule has 1 atom stereocenters. The van der Waals surface area contributed by atoms with E-state index in [1.165, 1.54) is 11.3 Å². The number of alkyl halides is 3. The van der Waals surface area contributed by atoms with Crippen molar-refractivity contribution in [2.24, 2.45) is 0 Å². The Morgan fingerprint density at radius 1 is 1.31 bits per heavy atom. The highest BCUT2D eigenvalue weighted by molar-refractivity contribution is 6.30. The van der Waals surface area contributed by atoms with Crippen LogP contribution in [0.25, 0.3) is 0 Å². The molecule has 0 aliphatic carbocycles. The number of ether oxygens (including phenoxy) is 1. The van der Waals surface area contributed by atoms with Gasteiger partial charge in [-0.15, -0.1) is 0 Å². The lowest BCUT2D eigenvalue weighted by molar-refractivity contribution is -0.192. The predicted molar refractivity (Wildman–Crippen MR) is 113 cm³/mol. The highest BCUT2D eigenvalue weighted by Gasteiger charge is 2.45. The van der Waals surface area contributed by atoms with Crippen molar-refractivity contribution in [2.45, 2.75) is 31.2 Å². The quantitative estimate of drug-likeness (QED) is 0.732. The number of likely N-dealkylation sites (tertiary alicyclic amines) is 1. The molecule has 11 heteroatoms. The number of carbonyl (C=O) groups is 1. The number of carboxylic acids is 1. The lowest BCUT2D eigenvalue weighted by Gasteiger charge is -2.34. The first-order valence-corrected chi connectivity index (χ1v) is 10.3. The minimum absolute atomic E-state index is 0.0201. The summed E-state index contributed by atoms with van der Waals surface area (Å²) in [6.45, 7) is 4.29. The summed E-state index contributed by atoms with van der Waals surface area (Å²) < 4.78 is 37.6. The average Bonchev–Trinajstić information content (AvgIpc) is 3.12. The molecule has 0 saturated carbocycles. The molecule has 1 aromatic heterocycles. The van der Waals surface area contributed by atoms with Crippen molar-refractivity contribution in [3.05, 3.63) is 52.3 Å². The first kappa shape index (κ1) is 24.2. The van der Waals surface area contributed by atoms with Gasteiger partial charge in [0.15, 0.2) is 0 Å². The van der Waals surface area contributed by atoms with E-state index in [1.54, 1.807) is 0 Å². The van der Waals surface area contributed by atoms with Crippen LogP contribution < -0.4 is 4.90 Å². The molecule has 32 heavy (non-hydrogen) atoms. The SMILES string of the molecule is CN(C)c1ncc2c(n1)C1(CCN(Cc3ccc(Cl)cc3)C1)COC2.O=C(O)C(F)(F)F. The van der Waals surface area contributed by atoms with Crippen LogP contribution in [0.2, 0.25) is 5.02 Å². The van der Waals surface area contributed by atoms with Gasteiger partial charge in [-0.05, 0) is 30.7 Å². The van der Waals surface area contributed by atoms with Crippen molar-refractivity contribution in [2.75, 3.05) is 38.7 Å². The molecular formula is C21H24ClF3N4O3. The third-order valence-corrected chi connectivity index (χ3v) is 5.64. The monoisotopic (exact) mass is 472 g/mol. The molecule has 1 spiro atoms. The third-order valence-electron chi connectivity index (χ3n) is 5.38. The fourth-order valence-electron chi connectivity index (χ4n) is 3.85. The van der Waals surface area contributed by atoms with Crippen LogP contribution in [-0.4, -0.2) is 65.9 Å². The average molecular weight is 473 g/mol. The topological polar surface area (TPSA) is 78.8 Å². The zero-order chi connectivity index (χ0) is 23.5. The molecule has 1 aromatic carbocycles. The van der Waals surface area contributed by atoms with E-state index >= 15 is 0 Å². The van der Waals surface area contributed by atoms with Crippen LogP contribution >= 0.6 is 11.6 Å². The Labute approximate surface area is 188 Å². The van der Waals surface area contributed by atoms with Crippen LogP contribution in [0.4, 0.5) is 19.1 Å². The molecular weight excluding hydrogens is 449 g/mol. The Bertz CT molecular complexity index is 956.